The van der Waals surface area contributed by atoms with Gasteiger partial charge in [-0.15, -0.1) is 11.3 Å². The zero-order chi connectivity index (χ0) is 17.4. The normalized spacial score (nSPS) is 18.6. The monoisotopic (exact) mass is 375 g/mol. The third kappa shape index (κ3) is 3.37. The summed E-state index contributed by atoms with van der Waals surface area (Å²) in [6.07, 6.45) is 3.64. The van der Waals surface area contributed by atoms with Crippen molar-refractivity contribution in [3.8, 4) is 0 Å². The van der Waals surface area contributed by atoms with E-state index in [1.54, 1.807) is 23.5 Å². The smallest absolute Gasteiger partial charge is 0.261 e. The number of nitrogens with two attached hydrogens (primary N) is 1. The number of pyridine rings is 1. The van der Waals surface area contributed by atoms with E-state index >= 15 is 0 Å². The molecule has 3 aromatic rings. The minimum absolute atomic E-state index is 0.0935. The molecule has 25 heavy (non-hydrogen) atoms. The van der Waals surface area contributed by atoms with E-state index in [-0.39, 0.29) is 4.90 Å². The molecule has 0 spiro atoms. The van der Waals surface area contributed by atoms with E-state index in [4.69, 9.17) is 10.1 Å². The van der Waals surface area contributed by atoms with Crippen LogP contribution in [0.4, 0.5) is 5.82 Å². The van der Waals surface area contributed by atoms with E-state index in [2.05, 4.69) is 22.0 Å². The van der Waals surface area contributed by atoms with Crippen molar-refractivity contribution in [2.24, 2.45) is 5.14 Å². The van der Waals surface area contributed by atoms with Crippen LogP contribution in [0.2, 0.25) is 0 Å². The number of hydrogen-bond donors (Lipinski definition) is 1. The Morgan fingerprint density at radius 2 is 2.08 bits per heavy atom. The van der Waals surface area contributed by atoms with Crippen LogP contribution in [0.3, 0.4) is 0 Å². The lowest BCUT2D eigenvalue weighted by Gasteiger charge is -2.27. The summed E-state index contributed by atoms with van der Waals surface area (Å²) in [5.74, 6) is 1.29. The van der Waals surface area contributed by atoms with Crippen molar-refractivity contribution in [2.75, 3.05) is 18.0 Å². The van der Waals surface area contributed by atoms with Gasteiger partial charge in [-0.05, 0) is 31.0 Å². The number of nitrogens with one attached hydrogen (secondary N) is 1. The summed E-state index contributed by atoms with van der Waals surface area (Å²) in [7, 11) is -3.68. The van der Waals surface area contributed by atoms with Gasteiger partial charge in [0.25, 0.3) is 5.82 Å². The third-order valence-electron chi connectivity index (χ3n) is 4.52. The molecule has 130 valence electrons. The van der Waals surface area contributed by atoms with Gasteiger partial charge in [0, 0.05) is 12.0 Å². The molecule has 1 saturated heterocycles. The number of piperidine rings is 1. The van der Waals surface area contributed by atoms with Gasteiger partial charge >= 0.3 is 0 Å². The number of primary sulfonamides is 1. The van der Waals surface area contributed by atoms with Crippen LogP contribution in [0.5, 0.6) is 0 Å². The highest BCUT2D eigenvalue weighted by molar-refractivity contribution is 7.89. The molecule has 1 aliphatic heterocycles. The molecule has 0 amide bonds. The molecule has 2 aromatic heterocycles. The molecule has 4 rings (SSSR count). The number of aromatic nitrogens is 2. The van der Waals surface area contributed by atoms with E-state index in [1.807, 2.05) is 12.1 Å². The molecular formula is C17H19N4O2S2+. The van der Waals surface area contributed by atoms with Gasteiger partial charge in [-0.1, -0.05) is 12.1 Å². The Morgan fingerprint density at radius 3 is 2.80 bits per heavy atom. The van der Waals surface area contributed by atoms with Crippen LogP contribution in [0, 0.1) is 0 Å². The Bertz CT molecular complexity index is 966. The number of benzene rings is 1. The lowest BCUT2D eigenvalue weighted by Crippen LogP contribution is -2.37. The lowest BCUT2D eigenvalue weighted by molar-refractivity contribution is -0.367. The predicted molar refractivity (Wildman–Crippen MR) is 98.2 cm³/mol. The molecule has 8 heteroatoms. The summed E-state index contributed by atoms with van der Waals surface area (Å²) in [4.78, 5) is 10.2. The Kier molecular flexibility index (Phi) is 4.18. The van der Waals surface area contributed by atoms with Crippen LogP contribution < -0.4 is 15.0 Å². The fourth-order valence-electron chi connectivity index (χ4n) is 3.24. The Morgan fingerprint density at radius 1 is 1.24 bits per heavy atom. The van der Waals surface area contributed by atoms with Crippen molar-refractivity contribution < 1.29 is 13.4 Å². The lowest BCUT2D eigenvalue weighted by atomic mass is 9.99. The van der Waals surface area contributed by atoms with Crippen molar-refractivity contribution >= 4 is 37.4 Å². The summed E-state index contributed by atoms with van der Waals surface area (Å²) in [6.45, 7) is 1.80. The van der Waals surface area contributed by atoms with Gasteiger partial charge < -0.3 is 0 Å². The maximum atomic E-state index is 11.4. The quantitative estimate of drug-likeness (QED) is 0.759. The van der Waals surface area contributed by atoms with Gasteiger partial charge in [0.15, 0.2) is 0 Å². The van der Waals surface area contributed by atoms with Crippen molar-refractivity contribution in [1.29, 1.82) is 0 Å². The van der Waals surface area contributed by atoms with Crippen LogP contribution >= 0.6 is 11.3 Å². The maximum absolute atomic E-state index is 11.4. The van der Waals surface area contributed by atoms with E-state index < -0.39 is 10.0 Å². The average Bonchev–Trinajstić information content (AvgIpc) is 3.05. The number of nitrogens with zero attached hydrogens (tertiary/aromatic N) is 2. The summed E-state index contributed by atoms with van der Waals surface area (Å²) in [6, 6.07) is 11.5. The molecule has 3 N–H and O–H groups in total. The minimum Gasteiger partial charge on any atom is -0.261 e. The number of anilines is 1. The van der Waals surface area contributed by atoms with Crippen molar-refractivity contribution in [1.82, 2.24) is 4.98 Å². The van der Waals surface area contributed by atoms with Crippen LogP contribution in [0.15, 0.2) is 47.5 Å². The Labute approximate surface area is 150 Å². The highest BCUT2D eigenvalue weighted by Crippen LogP contribution is 2.33. The maximum Gasteiger partial charge on any atom is 0.274 e. The molecule has 0 unspecified atom stereocenters. The first-order chi connectivity index (χ1) is 12.0. The van der Waals surface area contributed by atoms with Gasteiger partial charge in [-0.2, -0.15) is 0 Å². The van der Waals surface area contributed by atoms with E-state index in [9.17, 15) is 8.42 Å². The molecule has 1 aromatic carbocycles. The molecule has 1 fully saturated rings. The number of aromatic amines is 1. The third-order valence-corrected chi connectivity index (χ3v) is 6.63. The van der Waals surface area contributed by atoms with Crippen LogP contribution in [0.1, 0.15) is 23.8 Å². The van der Waals surface area contributed by atoms with E-state index in [0.717, 1.165) is 37.3 Å². The average molecular weight is 375 g/mol. The molecule has 0 aliphatic carbocycles. The summed E-state index contributed by atoms with van der Waals surface area (Å²) in [5.41, 5.74) is 1.06. The van der Waals surface area contributed by atoms with Gasteiger partial charge in [0.2, 0.25) is 10.0 Å². The first-order valence-electron chi connectivity index (χ1n) is 8.16. The molecule has 3 heterocycles. The first-order valence-corrected chi connectivity index (χ1v) is 10.5. The predicted octanol–water partition coefficient (Wildman–Crippen LogP) is 2.14. The van der Waals surface area contributed by atoms with Gasteiger partial charge in [0.1, 0.15) is 16.1 Å². The Hall–Kier alpha value is -2.03. The number of hydrogen-bond acceptors (Lipinski definition) is 5. The Balaban J connectivity index is 1.56. The summed E-state index contributed by atoms with van der Waals surface area (Å²) in [5, 5.41) is 6.33. The van der Waals surface area contributed by atoms with E-state index in [0.29, 0.717) is 5.92 Å². The SMILES string of the molecule is NS(=O)(=O)c1ccc(N2CCC[C@H](c3nc4ccccc4s3)C2)[nH+]c1. The number of H-pyrrole nitrogens is 1. The molecule has 1 aliphatic rings. The number of thiazole rings is 1. The molecule has 0 bridgehead atoms. The van der Waals surface area contributed by atoms with Crippen LogP contribution in [-0.4, -0.2) is 26.5 Å². The molecule has 0 radical (unpaired) electrons. The number of rotatable bonds is 3. The van der Waals surface area contributed by atoms with Gasteiger partial charge in [-0.3, -0.25) is 4.90 Å². The molecule has 1 atom stereocenters. The van der Waals surface area contributed by atoms with Crippen molar-refractivity contribution in [2.45, 2.75) is 23.7 Å². The zero-order valence-corrected chi connectivity index (χ0v) is 15.2. The molecular weight excluding hydrogens is 356 g/mol. The highest BCUT2D eigenvalue weighted by Gasteiger charge is 2.29. The standard InChI is InChI=1S/C17H18N4O2S2/c18-25(22,23)13-7-8-16(19-10-13)21-9-3-4-12(11-21)17-20-14-5-1-2-6-15(14)24-17/h1-2,5-8,10,12H,3-4,9,11H2,(H2,18,22,23)/p+1/t12-/m0/s1. The minimum atomic E-state index is -3.68. The van der Waals surface area contributed by atoms with Crippen molar-refractivity contribution in [3.05, 3.63) is 47.6 Å². The molecule has 6 nitrogen and oxygen atoms in total. The van der Waals surface area contributed by atoms with E-state index in [1.165, 1.54) is 15.9 Å². The second-order valence-electron chi connectivity index (χ2n) is 6.26. The van der Waals surface area contributed by atoms with Crippen LogP contribution in [-0.2, 0) is 10.0 Å². The summed E-state index contributed by atoms with van der Waals surface area (Å²) >= 11 is 1.76. The highest BCUT2D eigenvalue weighted by atomic mass is 32.2. The number of sulfonamides is 1. The van der Waals surface area contributed by atoms with Crippen LogP contribution in [0.25, 0.3) is 10.2 Å². The summed E-state index contributed by atoms with van der Waals surface area (Å²) < 4.78 is 24.0. The largest absolute Gasteiger partial charge is 0.274 e. The van der Waals surface area contributed by atoms with Crippen molar-refractivity contribution in [3.63, 3.8) is 0 Å². The van der Waals surface area contributed by atoms with Gasteiger partial charge in [-0.25, -0.2) is 23.5 Å². The molecule has 0 saturated carbocycles. The number of para-hydroxylation sites is 1. The first kappa shape index (κ1) is 16.4. The fourth-order valence-corrected chi connectivity index (χ4v) is 4.81. The second-order valence-corrected chi connectivity index (χ2v) is 8.88. The number of fused-ring (bicyclic) bond motifs is 1. The van der Waals surface area contributed by atoms with Gasteiger partial charge in [0.05, 0.1) is 23.3 Å². The topological polar surface area (TPSA) is 90.4 Å². The zero-order valence-electron chi connectivity index (χ0n) is 13.6. The second kappa shape index (κ2) is 6.36. The fraction of sp³-hybridized carbons (Fsp3) is 0.294.